The fraction of sp³-hybridized carbons (Fsp3) is 0.625. The Morgan fingerprint density at radius 3 is 2.50 bits per heavy atom. The van der Waals surface area contributed by atoms with Crippen molar-refractivity contribution in [2.45, 2.75) is 12.8 Å². The van der Waals surface area contributed by atoms with Gasteiger partial charge in [-0.2, -0.15) is 0 Å². The van der Waals surface area contributed by atoms with Gasteiger partial charge in [0, 0.05) is 57.6 Å². The zero-order chi connectivity index (χ0) is 15.5. The summed E-state index contributed by atoms with van der Waals surface area (Å²) < 4.78 is 0. The lowest BCUT2D eigenvalue weighted by molar-refractivity contribution is -0.137. The standard InChI is InChI=1S/C16H23ClN4O/c1-19-8-10-21(11-9-19)16(22)13-3-6-20(7-4-13)15-2-5-18-12-14(15)17/h2,5,12-13H,3-4,6-11H2,1H3. The van der Waals surface area contributed by atoms with Crippen LogP contribution in [0.5, 0.6) is 0 Å². The van der Waals surface area contributed by atoms with Gasteiger partial charge in [0.15, 0.2) is 0 Å². The van der Waals surface area contributed by atoms with Crippen LogP contribution in [0.3, 0.4) is 0 Å². The number of nitrogens with zero attached hydrogens (tertiary/aromatic N) is 4. The number of hydrogen-bond acceptors (Lipinski definition) is 4. The third-order valence-corrected chi connectivity index (χ3v) is 5.04. The highest BCUT2D eigenvalue weighted by atomic mass is 35.5. The van der Waals surface area contributed by atoms with E-state index in [1.54, 1.807) is 12.4 Å². The molecule has 5 nitrogen and oxygen atoms in total. The summed E-state index contributed by atoms with van der Waals surface area (Å²) in [7, 11) is 2.11. The monoisotopic (exact) mass is 322 g/mol. The van der Waals surface area contributed by atoms with Gasteiger partial charge >= 0.3 is 0 Å². The summed E-state index contributed by atoms with van der Waals surface area (Å²) in [4.78, 5) is 23.2. The molecule has 2 saturated heterocycles. The van der Waals surface area contributed by atoms with Gasteiger partial charge < -0.3 is 14.7 Å². The Hall–Kier alpha value is -1.33. The SMILES string of the molecule is CN1CCN(C(=O)C2CCN(c3ccncc3Cl)CC2)CC1. The normalized spacial score (nSPS) is 21.2. The summed E-state index contributed by atoms with van der Waals surface area (Å²) >= 11 is 6.21. The van der Waals surface area contributed by atoms with Crippen LogP contribution in [0.1, 0.15) is 12.8 Å². The Morgan fingerprint density at radius 2 is 1.86 bits per heavy atom. The Kier molecular flexibility index (Phi) is 4.84. The van der Waals surface area contributed by atoms with Crippen molar-refractivity contribution in [2.75, 3.05) is 51.2 Å². The average Bonchev–Trinajstić information content (AvgIpc) is 2.56. The number of rotatable bonds is 2. The summed E-state index contributed by atoms with van der Waals surface area (Å²) in [6.07, 6.45) is 5.26. The zero-order valence-electron chi connectivity index (χ0n) is 13.0. The van der Waals surface area contributed by atoms with Crippen LogP contribution in [-0.2, 0) is 4.79 Å². The number of piperazine rings is 1. The van der Waals surface area contributed by atoms with Crippen LogP contribution in [0, 0.1) is 5.92 Å². The van der Waals surface area contributed by atoms with Crippen molar-refractivity contribution in [2.24, 2.45) is 5.92 Å². The van der Waals surface area contributed by atoms with Gasteiger partial charge in [-0.15, -0.1) is 0 Å². The largest absolute Gasteiger partial charge is 0.370 e. The van der Waals surface area contributed by atoms with Crippen LogP contribution >= 0.6 is 11.6 Å². The quantitative estimate of drug-likeness (QED) is 0.831. The van der Waals surface area contributed by atoms with Gasteiger partial charge in [-0.3, -0.25) is 9.78 Å². The second-order valence-corrected chi connectivity index (χ2v) is 6.62. The molecule has 0 aromatic carbocycles. The fourth-order valence-electron chi connectivity index (χ4n) is 3.28. The van der Waals surface area contributed by atoms with E-state index < -0.39 is 0 Å². The number of pyridine rings is 1. The van der Waals surface area contributed by atoms with Crippen LogP contribution in [-0.4, -0.2) is 67.0 Å². The first-order chi connectivity index (χ1) is 10.6. The van der Waals surface area contributed by atoms with Crippen LogP contribution < -0.4 is 4.90 Å². The highest BCUT2D eigenvalue weighted by molar-refractivity contribution is 6.33. The van der Waals surface area contributed by atoms with Gasteiger partial charge in [0.05, 0.1) is 10.7 Å². The summed E-state index contributed by atoms with van der Waals surface area (Å²) in [6.45, 7) is 5.47. The molecular weight excluding hydrogens is 300 g/mol. The smallest absolute Gasteiger partial charge is 0.225 e. The Labute approximate surface area is 136 Å². The molecule has 120 valence electrons. The average molecular weight is 323 g/mol. The van der Waals surface area contributed by atoms with E-state index >= 15 is 0 Å². The number of aromatic nitrogens is 1. The lowest BCUT2D eigenvalue weighted by atomic mass is 9.94. The Morgan fingerprint density at radius 1 is 1.18 bits per heavy atom. The highest BCUT2D eigenvalue weighted by Crippen LogP contribution is 2.29. The van der Waals surface area contributed by atoms with Gasteiger partial charge in [-0.05, 0) is 26.0 Å². The predicted octanol–water partition coefficient (Wildman–Crippen LogP) is 1.73. The van der Waals surface area contributed by atoms with Gasteiger partial charge in [-0.1, -0.05) is 11.6 Å². The van der Waals surface area contributed by atoms with E-state index in [2.05, 4.69) is 21.8 Å². The van der Waals surface area contributed by atoms with Crippen molar-refractivity contribution >= 4 is 23.2 Å². The number of carbonyl (C=O) groups excluding carboxylic acids is 1. The van der Waals surface area contributed by atoms with E-state index in [9.17, 15) is 4.79 Å². The maximum Gasteiger partial charge on any atom is 0.225 e. The van der Waals surface area contributed by atoms with E-state index in [4.69, 9.17) is 11.6 Å². The van der Waals surface area contributed by atoms with E-state index in [-0.39, 0.29) is 5.92 Å². The van der Waals surface area contributed by atoms with Crippen molar-refractivity contribution in [3.63, 3.8) is 0 Å². The van der Waals surface area contributed by atoms with Crippen molar-refractivity contribution in [3.8, 4) is 0 Å². The molecule has 2 aliphatic heterocycles. The van der Waals surface area contributed by atoms with Crippen molar-refractivity contribution in [3.05, 3.63) is 23.5 Å². The molecule has 1 amide bonds. The number of carbonyl (C=O) groups is 1. The van der Waals surface area contributed by atoms with E-state index in [1.807, 2.05) is 11.0 Å². The maximum atomic E-state index is 12.6. The maximum absolute atomic E-state index is 12.6. The molecule has 0 spiro atoms. The van der Waals surface area contributed by atoms with Crippen molar-refractivity contribution in [1.82, 2.24) is 14.8 Å². The molecule has 0 radical (unpaired) electrons. The van der Waals surface area contributed by atoms with Gasteiger partial charge in [-0.25, -0.2) is 0 Å². The van der Waals surface area contributed by atoms with Gasteiger partial charge in [0.25, 0.3) is 0 Å². The molecule has 22 heavy (non-hydrogen) atoms. The van der Waals surface area contributed by atoms with Crippen LogP contribution in [0.25, 0.3) is 0 Å². The van der Waals surface area contributed by atoms with E-state index in [0.29, 0.717) is 10.9 Å². The van der Waals surface area contributed by atoms with Gasteiger partial charge in [0.2, 0.25) is 5.91 Å². The second-order valence-electron chi connectivity index (χ2n) is 6.22. The van der Waals surface area contributed by atoms with Crippen LogP contribution in [0.15, 0.2) is 18.5 Å². The molecule has 0 bridgehead atoms. The molecule has 0 saturated carbocycles. The Balaban J connectivity index is 1.55. The predicted molar refractivity (Wildman–Crippen MR) is 88.3 cm³/mol. The fourth-order valence-corrected chi connectivity index (χ4v) is 3.52. The first-order valence-corrected chi connectivity index (χ1v) is 8.35. The minimum absolute atomic E-state index is 0.167. The van der Waals surface area contributed by atoms with Crippen molar-refractivity contribution in [1.29, 1.82) is 0 Å². The molecule has 1 aromatic rings. The third-order valence-electron chi connectivity index (χ3n) is 4.75. The molecule has 6 heteroatoms. The minimum atomic E-state index is 0.167. The molecule has 2 fully saturated rings. The second kappa shape index (κ2) is 6.84. The molecule has 3 rings (SSSR count). The number of piperidine rings is 1. The third kappa shape index (κ3) is 3.36. The van der Waals surface area contributed by atoms with Crippen molar-refractivity contribution < 1.29 is 4.79 Å². The lowest BCUT2D eigenvalue weighted by Crippen LogP contribution is -2.50. The molecule has 0 unspecified atom stereocenters. The number of likely N-dealkylation sites (N-methyl/N-ethyl adjacent to an activating group) is 1. The number of hydrogen-bond donors (Lipinski definition) is 0. The molecule has 2 aliphatic rings. The zero-order valence-corrected chi connectivity index (χ0v) is 13.8. The first kappa shape index (κ1) is 15.6. The molecule has 3 heterocycles. The summed E-state index contributed by atoms with van der Waals surface area (Å²) in [5, 5.41) is 0.686. The molecule has 1 aromatic heterocycles. The number of anilines is 1. The van der Waals surface area contributed by atoms with Crippen LogP contribution in [0.2, 0.25) is 5.02 Å². The molecule has 0 N–H and O–H groups in total. The first-order valence-electron chi connectivity index (χ1n) is 7.97. The highest BCUT2D eigenvalue weighted by Gasteiger charge is 2.30. The number of halogens is 1. The molecule has 0 aliphatic carbocycles. The van der Waals surface area contributed by atoms with E-state index in [1.165, 1.54) is 0 Å². The molecule has 0 atom stereocenters. The minimum Gasteiger partial charge on any atom is -0.370 e. The summed E-state index contributed by atoms with van der Waals surface area (Å²) in [5.74, 6) is 0.508. The number of amides is 1. The Bertz CT molecular complexity index is 523. The summed E-state index contributed by atoms with van der Waals surface area (Å²) in [6, 6.07) is 1.95. The lowest BCUT2D eigenvalue weighted by Gasteiger charge is -2.38. The topological polar surface area (TPSA) is 39.7 Å². The molecular formula is C16H23ClN4O. The van der Waals surface area contributed by atoms with Crippen LogP contribution in [0.4, 0.5) is 5.69 Å². The summed E-state index contributed by atoms with van der Waals surface area (Å²) in [5.41, 5.74) is 1.03. The van der Waals surface area contributed by atoms with E-state index in [0.717, 1.165) is 57.8 Å². The van der Waals surface area contributed by atoms with Gasteiger partial charge in [0.1, 0.15) is 0 Å².